The molecule has 0 aliphatic heterocycles. The lowest BCUT2D eigenvalue weighted by atomic mass is 10.2. The Hall–Kier alpha value is -2.67. The van der Waals surface area contributed by atoms with Crippen molar-refractivity contribution in [3.8, 4) is 0 Å². The highest BCUT2D eigenvalue weighted by Crippen LogP contribution is 2.10. The van der Waals surface area contributed by atoms with E-state index in [4.69, 9.17) is 10.5 Å². The van der Waals surface area contributed by atoms with Crippen LogP contribution in [0, 0.1) is 18.3 Å². The van der Waals surface area contributed by atoms with E-state index >= 15 is 0 Å². The van der Waals surface area contributed by atoms with Crippen LogP contribution in [0.4, 0.5) is 18.9 Å². The molecule has 0 aliphatic rings. The smallest absolute Gasteiger partial charge is 0.377 e. The monoisotopic (exact) mass is 384 g/mol. The van der Waals surface area contributed by atoms with Gasteiger partial charge in [0, 0.05) is 24.7 Å². The van der Waals surface area contributed by atoms with Crippen molar-refractivity contribution in [2.24, 2.45) is 5.92 Å². The van der Waals surface area contributed by atoms with Gasteiger partial charge in [-0.3, -0.25) is 0 Å². The molecule has 0 saturated heterocycles. The number of alkyl halides is 3. The average molecular weight is 384 g/mol. The van der Waals surface area contributed by atoms with E-state index in [2.05, 4.69) is 24.4 Å². The van der Waals surface area contributed by atoms with Gasteiger partial charge in [0.1, 0.15) is 13.0 Å². The number of halogens is 3. The zero-order valence-electron chi connectivity index (χ0n) is 15.7. The van der Waals surface area contributed by atoms with Crippen molar-refractivity contribution in [3.63, 3.8) is 0 Å². The second-order valence-electron chi connectivity index (χ2n) is 5.30. The molecule has 1 atom stereocenters. The molecule has 2 rings (SSSR count). The minimum Gasteiger partial charge on any atom is -0.377 e. The summed E-state index contributed by atoms with van der Waals surface area (Å²) in [6.07, 6.45) is -2.17. The lowest BCUT2D eigenvalue weighted by Crippen LogP contribution is -1.97. The topological polar surface area (TPSA) is 73.2 Å². The molecule has 2 aromatic rings. The molecular formula is C20H27F3N2O2. The Balaban J connectivity index is 0. The van der Waals surface area contributed by atoms with Crippen LogP contribution in [0.2, 0.25) is 0 Å². The lowest BCUT2D eigenvalue weighted by Gasteiger charge is -1.98. The van der Waals surface area contributed by atoms with Gasteiger partial charge in [-0.15, -0.1) is 0 Å². The first-order valence-corrected chi connectivity index (χ1v) is 8.08. The number of aryl methyl sites for hydroxylation is 1. The highest BCUT2D eigenvalue weighted by Gasteiger charge is 2.15. The van der Waals surface area contributed by atoms with Crippen molar-refractivity contribution >= 4 is 18.2 Å². The Bertz CT molecular complexity index is 577. The average Bonchev–Trinajstić information content (AvgIpc) is 2.62. The Morgan fingerprint density at radius 3 is 1.70 bits per heavy atom. The van der Waals surface area contributed by atoms with Crippen LogP contribution in [0.3, 0.4) is 0 Å². The van der Waals surface area contributed by atoms with E-state index in [1.165, 1.54) is 5.56 Å². The third-order valence-electron chi connectivity index (χ3n) is 2.47. The van der Waals surface area contributed by atoms with Crippen molar-refractivity contribution in [1.82, 2.24) is 0 Å². The van der Waals surface area contributed by atoms with E-state index in [9.17, 15) is 18.0 Å². The van der Waals surface area contributed by atoms with Crippen LogP contribution in [0.15, 0.2) is 60.7 Å². The van der Waals surface area contributed by atoms with Gasteiger partial charge in [0.25, 0.3) is 0 Å². The Morgan fingerprint density at radius 1 is 1.07 bits per heavy atom. The van der Waals surface area contributed by atoms with Gasteiger partial charge in [-0.2, -0.15) is 13.2 Å². The van der Waals surface area contributed by atoms with Crippen molar-refractivity contribution in [2.45, 2.75) is 26.9 Å². The molecule has 150 valence electrons. The Morgan fingerprint density at radius 2 is 1.48 bits per heavy atom. The molecule has 0 amide bonds. The van der Waals surface area contributed by atoms with Gasteiger partial charge in [-0.1, -0.05) is 61.0 Å². The van der Waals surface area contributed by atoms with E-state index in [0.717, 1.165) is 18.2 Å². The third kappa shape index (κ3) is 25.7. The van der Waals surface area contributed by atoms with Gasteiger partial charge in [0.2, 0.25) is 0 Å². The van der Waals surface area contributed by atoms with Gasteiger partial charge >= 0.3 is 6.18 Å². The summed E-state index contributed by atoms with van der Waals surface area (Å²) < 4.78 is 31.1. The van der Waals surface area contributed by atoms with Crippen LogP contribution >= 0.6 is 0 Å². The van der Waals surface area contributed by atoms with Crippen LogP contribution in [0.25, 0.3) is 0 Å². The largest absolute Gasteiger partial charge is 0.386 e. The molecule has 7 heteroatoms. The number of aliphatic hydroxyl groups is 1. The lowest BCUT2D eigenvalue weighted by molar-refractivity contribution is -0.110. The molecule has 0 fully saturated rings. The number of para-hydroxylation sites is 1. The molecule has 0 heterocycles. The summed E-state index contributed by atoms with van der Waals surface area (Å²) in [5.41, 5.74) is 2.27. The highest BCUT2D eigenvalue weighted by atomic mass is 19.4. The maximum absolute atomic E-state index is 10.4. The Kier molecular flexibility index (Phi) is 16.5. The number of carbonyl (C=O) groups is 1. The number of aldehydes is 1. The summed E-state index contributed by atoms with van der Waals surface area (Å²) in [6.45, 7) is 3.93. The first-order valence-electron chi connectivity index (χ1n) is 8.08. The minimum absolute atomic E-state index is 0.00991. The number of carbonyl (C=O) groups excluding carboxylic acids is 1. The number of anilines is 1. The number of benzene rings is 2. The van der Waals surface area contributed by atoms with Gasteiger partial charge in [0.05, 0.1) is 0 Å². The summed E-state index contributed by atoms with van der Waals surface area (Å²) in [7, 11) is 0. The second-order valence-corrected chi connectivity index (χ2v) is 5.30. The van der Waals surface area contributed by atoms with Crippen LogP contribution < -0.4 is 5.32 Å². The van der Waals surface area contributed by atoms with Gasteiger partial charge in [-0.05, 0) is 19.1 Å². The molecule has 27 heavy (non-hydrogen) atoms. The molecule has 0 aliphatic carbocycles. The second kappa shape index (κ2) is 16.8. The third-order valence-corrected chi connectivity index (χ3v) is 2.47. The van der Waals surface area contributed by atoms with Gasteiger partial charge in [-0.25, -0.2) is 0 Å². The first-order chi connectivity index (χ1) is 12.6. The predicted molar refractivity (Wildman–Crippen MR) is 104 cm³/mol. The van der Waals surface area contributed by atoms with E-state index < -0.39 is 6.18 Å². The van der Waals surface area contributed by atoms with Crippen LogP contribution in [-0.4, -0.2) is 30.5 Å². The molecule has 0 bridgehead atoms. The molecule has 0 radical (unpaired) electrons. The number of hydrogen-bond acceptors (Lipinski definition) is 4. The van der Waals surface area contributed by atoms with Crippen molar-refractivity contribution in [1.29, 1.82) is 5.41 Å². The van der Waals surface area contributed by atoms with Crippen molar-refractivity contribution in [3.05, 3.63) is 66.2 Å². The van der Waals surface area contributed by atoms with E-state index in [1.54, 1.807) is 6.92 Å². The summed E-state index contributed by atoms with van der Waals surface area (Å²) >= 11 is 0. The fourth-order valence-electron chi connectivity index (χ4n) is 1.22. The Labute approximate surface area is 158 Å². The molecule has 2 aromatic carbocycles. The van der Waals surface area contributed by atoms with E-state index in [1.807, 2.05) is 48.5 Å². The SMILES string of the molecule is CC(C=N)C=O.CC(F)(F)F.Cc1ccccc1.OCNc1ccccc1. The quantitative estimate of drug-likeness (QED) is 0.391. The van der Waals surface area contributed by atoms with Crippen molar-refractivity contribution < 1.29 is 23.1 Å². The van der Waals surface area contributed by atoms with E-state index in [0.29, 0.717) is 0 Å². The van der Waals surface area contributed by atoms with E-state index in [-0.39, 0.29) is 19.6 Å². The minimum atomic E-state index is -4.00. The summed E-state index contributed by atoms with van der Waals surface area (Å²) in [4.78, 5) is 9.58. The van der Waals surface area contributed by atoms with Gasteiger partial charge in [0.15, 0.2) is 0 Å². The molecule has 1 unspecified atom stereocenters. The maximum Gasteiger partial charge on any atom is 0.386 e. The van der Waals surface area contributed by atoms with Crippen LogP contribution in [0.1, 0.15) is 19.4 Å². The molecule has 0 aromatic heterocycles. The first kappa shape index (κ1) is 26.6. The molecular weight excluding hydrogens is 357 g/mol. The maximum atomic E-state index is 10.4. The molecule has 0 saturated carbocycles. The summed E-state index contributed by atoms with van der Waals surface area (Å²) in [6, 6.07) is 19.8. The normalized spacial score (nSPS) is 10.3. The van der Waals surface area contributed by atoms with Crippen LogP contribution in [0.5, 0.6) is 0 Å². The zero-order valence-corrected chi connectivity index (χ0v) is 15.7. The fraction of sp³-hybridized carbons (Fsp3) is 0.300. The highest BCUT2D eigenvalue weighted by molar-refractivity contribution is 5.77. The zero-order chi connectivity index (χ0) is 21.1. The molecule has 4 nitrogen and oxygen atoms in total. The fourth-order valence-corrected chi connectivity index (χ4v) is 1.22. The standard InChI is InChI=1S/C7H9NO.C7H8.C4H7NO.C2H3F3/c9-6-8-7-4-2-1-3-5-7;1-7-5-3-2-4-6-7;1-4(2-5)3-6;1-2(3,4)5/h1-5,8-9H,6H2;2-6H,1H3;2-5H,1H3;1H3. The van der Waals surface area contributed by atoms with Crippen LogP contribution in [-0.2, 0) is 4.79 Å². The molecule has 0 spiro atoms. The summed E-state index contributed by atoms with van der Waals surface area (Å²) in [5, 5.41) is 17.6. The number of rotatable bonds is 4. The van der Waals surface area contributed by atoms with Gasteiger partial charge < -0.3 is 20.6 Å². The number of nitrogens with one attached hydrogen (secondary N) is 2. The molecule has 3 N–H and O–H groups in total. The number of aliphatic hydroxyl groups excluding tert-OH is 1. The summed E-state index contributed by atoms with van der Waals surface area (Å²) in [5.74, 6) is -0.204. The van der Waals surface area contributed by atoms with Crippen molar-refractivity contribution in [2.75, 3.05) is 12.0 Å². The predicted octanol–water partition coefficient (Wildman–Crippen LogP) is 5.08. The number of hydrogen-bond donors (Lipinski definition) is 3.